The molecule has 0 radical (unpaired) electrons. The fourth-order valence-corrected chi connectivity index (χ4v) is 3.41. The molecule has 0 spiro atoms. The van der Waals surface area contributed by atoms with Gasteiger partial charge in [0.05, 0.1) is 12.0 Å². The predicted molar refractivity (Wildman–Crippen MR) is 92.3 cm³/mol. The Bertz CT molecular complexity index is 792. The third-order valence-corrected chi connectivity index (χ3v) is 4.62. The van der Waals surface area contributed by atoms with Gasteiger partial charge in [0.1, 0.15) is 11.5 Å². The number of aromatic nitrogens is 2. The fraction of sp³-hybridized carbons (Fsp3) is 0.500. The van der Waals surface area contributed by atoms with Crippen LogP contribution in [0.3, 0.4) is 0 Å². The average molecular weight is 344 g/mol. The molecule has 2 atom stereocenters. The molecule has 1 saturated heterocycles. The summed E-state index contributed by atoms with van der Waals surface area (Å²) in [6.07, 6.45) is 0. The van der Waals surface area contributed by atoms with Gasteiger partial charge in [-0.1, -0.05) is 0 Å². The smallest absolute Gasteiger partial charge is 0.274 e. The summed E-state index contributed by atoms with van der Waals surface area (Å²) in [5.74, 6) is 1.33. The molecule has 1 N–H and O–H groups in total. The number of amides is 2. The average Bonchev–Trinajstić information content (AvgIpc) is 3.24. The van der Waals surface area contributed by atoms with Crippen LogP contribution in [0.5, 0.6) is 0 Å². The molecule has 7 heteroatoms. The molecular weight excluding hydrogens is 320 g/mol. The summed E-state index contributed by atoms with van der Waals surface area (Å²) in [7, 11) is 0. The van der Waals surface area contributed by atoms with Crippen molar-refractivity contribution in [3.05, 3.63) is 41.1 Å². The van der Waals surface area contributed by atoms with Crippen molar-refractivity contribution in [2.24, 2.45) is 0 Å². The molecule has 0 saturated carbocycles. The largest absolute Gasteiger partial charge is 0.466 e. The fourth-order valence-electron chi connectivity index (χ4n) is 3.41. The van der Waals surface area contributed by atoms with Crippen LogP contribution in [0.25, 0.3) is 0 Å². The molecule has 0 unspecified atom stereocenters. The highest BCUT2D eigenvalue weighted by Gasteiger charge is 2.39. The lowest BCUT2D eigenvalue weighted by Gasteiger charge is -2.16. The summed E-state index contributed by atoms with van der Waals surface area (Å²) in [6, 6.07) is 5.46. The Balaban J connectivity index is 1.82. The van der Waals surface area contributed by atoms with Gasteiger partial charge in [-0.05, 0) is 39.0 Å². The number of hydrogen-bond donors (Lipinski definition) is 1. The van der Waals surface area contributed by atoms with E-state index < -0.39 is 0 Å². The van der Waals surface area contributed by atoms with Crippen molar-refractivity contribution in [1.82, 2.24) is 20.0 Å². The monoisotopic (exact) mass is 344 g/mol. The molecule has 3 rings (SSSR count). The molecule has 1 aliphatic rings. The number of rotatable bonds is 4. The molecular formula is C18H24N4O3. The molecule has 7 nitrogen and oxygen atoms in total. The minimum Gasteiger partial charge on any atom is -0.466 e. The summed E-state index contributed by atoms with van der Waals surface area (Å²) < 4.78 is 7.55. The number of nitrogens with one attached hydrogen (secondary N) is 1. The zero-order valence-electron chi connectivity index (χ0n) is 15.1. The minimum absolute atomic E-state index is 0.0593. The van der Waals surface area contributed by atoms with Crippen LogP contribution in [0, 0.1) is 13.8 Å². The Morgan fingerprint density at radius 1 is 1.32 bits per heavy atom. The summed E-state index contributed by atoms with van der Waals surface area (Å²) in [4.78, 5) is 26.1. The first-order valence-corrected chi connectivity index (χ1v) is 8.56. The third-order valence-electron chi connectivity index (χ3n) is 4.62. The van der Waals surface area contributed by atoms with E-state index >= 15 is 0 Å². The summed E-state index contributed by atoms with van der Waals surface area (Å²) in [5, 5.41) is 7.32. The van der Waals surface area contributed by atoms with Gasteiger partial charge in [0.25, 0.3) is 5.91 Å². The van der Waals surface area contributed by atoms with Gasteiger partial charge < -0.3 is 14.6 Å². The first-order chi connectivity index (χ1) is 11.9. The highest BCUT2D eigenvalue weighted by atomic mass is 16.3. The van der Waals surface area contributed by atoms with Crippen LogP contribution in [0.2, 0.25) is 0 Å². The molecule has 1 aliphatic heterocycles. The van der Waals surface area contributed by atoms with E-state index in [1.807, 2.05) is 43.7 Å². The lowest BCUT2D eigenvalue weighted by molar-refractivity contribution is -0.119. The first kappa shape index (κ1) is 17.3. The maximum absolute atomic E-state index is 12.8. The van der Waals surface area contributed by atoms with Gasteiger partial charge in [0.2, 0.25) is 5.91 Å². The van der Waals surface area contributed by atoms with E-state index in [-0.39, 0.29) is 23.8 Å². The number of carbonyl (C=O) groups excluding carboxylic acids is 2. The Morgan fingerprint density at radius 3 is 2.64 bits per heavy atom. The Kier molecular flexibility index (Phi) is 4.65. The maximum atomic E-state index is 12.8. The van der Waals surface area contributed by atoms with Crippen molar-refractivity contribution in [1.29, 1.82) is 0 Å². The number of carbonyl (C=O) groups is 2. The standard InChI is InChI=1S/C18H24N4O3/c1-5-22-11(2)8-15(20-22)18(24)21-9-14(16(10-21)19-13(4)23)17-7-6-12(3)25-17/h6-8,14,16H,5,9-10H2,1-4H3,(H,19,23)/t14-,16-/m1/s1. The highest BCUT2D eigenvalue weighted by Crippen LogP contribution is 2.30. The normalized spacial score (nSPS) is 20.1. The lowest BCUT2D eigenvalue weighted by Crippen LogP contribution is -2.39. The summed E-state index contributed by atoms with van der Waals surface area (Å²) in [5.41, 5.74) is 1.40. The van der Waals surface area contributed by atoms with Gasteiger partial charge in [-0.3, -0.25) is 14.3 Å². The van der Waals surface area contributed by atoms with Gasteiger partial charge >= 0.3 is 0 Å². The van der Waals surface area contributed by atoms with Gasteiger partial charge in [-0.25, -0.2) is 0 Å². The van der Waals surface area contributed by atoms with Crippen molar-refractivity contribution in [3.8, 4) is 0 Å². The van der Waals surface area contributed by atoms with Crippen LogP contribution in [0.15, 0.2) is 22.6 Å². The zero-order valence-corrected chi connectivity index (χ0v) is 15.1. The quantitative estimate of drug-likeness (QED) is 0.918. The van der Waals surface area contributed by atoms with Crippen molar-refractivity contribution in [2.45, 2.75) is 46.2 Å². The van der Waals surface area contributed by atoms with Crippen LogP contribution >= 0.6 is 0 Å². The molecule has 2 aromatic rings. The third kappa shape index (κ3) is 3.45. The second-order valence-corrected chi connectivity index (χ2v) is 6.56. The number of aryl methyl sites for hydroxylation is 3. The molecule has 0 bridgehead atoms. The molecule has 25 heavy (non-hydrogen) atoms. The van der Waals surface area contributed by atoms with Crippen molar-refractivity contribution >= 4 is 11.8 Å². The van der Waals surface area contributed by atoms with Gasteiger partial charge in [-0.15, -0.1) is 0 Å². The molecule has 2 amide bonds. The van der Waals surface area contributed by atoms with Crippen LogP contribution < -0.4 is 5.32 Å². The number of furan rings is 1. The van der Waals surface area contributed by atoms with Gasteiger partial charge in [0.15, 0.2) is 5.69 Å². The second kappa shape index (κ2) is 6.74. The van der Waals surface area contributed by atoms with Crippen LogP contribution in [0.4, 0.5) is 0 Å². The van der Waals surface area contributed by atoms with Crippen LogP contribution in [-0.4, -0.2) is 45.6 Å². The molecule has 1 fully saturated rings. The zero-order chi connectivity index (χ0) is 18.1. The van der Waals surface area contributed by atoms with Crippen molar-refractivity contribution in [2.75, 3.05) is 13.1 Å². The summed E-state index contributed by atoms with van der Waals surface area (Å²) in [6.45, 7) is 8.96. The topological polar surface area (TPSA) is 80.4 Å². The highest BCUT2D eigenvalue weighted by molar-refractivity contribution is 5.92. The van der Waals surface area contributed by atoms with E-state index in [1.54, 1.807) is 4.90 Å². The summed E-state index contributed by atoms with van der Waals surface area (Å²) >= 11 is 0. The molecule has 0 aromatic carbocycles. The lowest BCUT2D eigenvalue weighted by atomic mass is 10.0. The van der Waals surface area contributed by atoms with Crippen molar-refractivity contribution in [3.63, 3.8) is 0 Å². The van der Waals surface area contributed by atoms with E-state index in [4.69, 9.17) is 4.42 Å². The number of nitrogens with zero attached hydrogens (tertiary/aromatic N) is 3. The van der Waals surface area contributed by atoms with E-state index in [0.29, 0.717) is 18.8 Å². The van der Waals surface area contributed by atoms with E-state index in [0.717, 1.165) is 23.8 Å². The molecule has 2 aromatic heterocycles. The predicted octanol–water partition coefficient (Wildman–Crippen LogP) is 1.86. The van der Waals surface area contributed by atoms with Crippen molar-refractivity contribution < 1.29 is 14.0 Å². The van der Waals surface area contributed by atoms with Crippen LogP contribution in [-0.2, 0) is 11.3 Å². The Labute approximate surface area is 147 Å². The Hall–Kier alpha value is -2.57. The minimum atomic E-state index is -0.165. The van der Waals surface area contributed by atoms with Gasteiger partial charge in [0, 0.05) is 32.3 Å². The van der Waals surface area contributed by atoms with Crippen LogP contribution in [0.1, 0.15) is 47.5 Å². The molecule has 134 valence electrons. The molecule has 3 heterocycles. The number of likely N-dealkylation sites (tertiary alicyclic amines) is 1. The number of hydrogen-bond acceptors (Lipinski definition) is 4. The van der Waals surface area contributed by atoms with E-state index in [2.05, 4.69) is 10.4 Å². The maximum Gasteiger partial charge on any atom is 0.274 e. The molecule has 0 aliphatic carbocycles. The second-order valence-electron chi connectivity index (χ2n) is 6.56. The Morgan fingerprint density at radius 2 is 2.08 bits per heavy atom. The first-order valence-electron chi connectivity index (χ1n) is 8.56. The SMILES string of the molecule is CCn1nc(C(=O)N2C[C@@H](NC(C)=O)[C@H](c3ccc(C)o3)C2)cc1C. The van der Waals surface area contributed by atoms with E-state index in [1.165, 1.54) is 6.92 Å². The van der Waals surface area contributed by atoms with E-state index in [9.17, 15) is 9.59 Å². The van der Waals surface area contributed by atoms with Gasteiger partial charge in [-0.2, -0.15) is 5.10 Å².